The number of nitrogens with one attached hydrogen (secondary N) is 1. The molecule has 2 nitrogen and oxygen atoms in total. The maximum atomic E-state index is 6.38. The number of halogens is 2. The predicted molar refractivity (Wildman–Crippen MR) is 81.2 cm³/mol. The zero-order valence-corrected chi connectivity index (χ0v) is 13.5. The first-order valence-electron chi connectivity index (χ1n) is 6.28. The van der Waals surface area contributed by atoms with E-state index in [0.29, 0.717) is 5.92 Å². The first kappa shape index (κ1) is 16.0. The van der Waals surface area contributed by atoms with Crippen LogP contribution in [0.2, 0.25) is 5.02 Å². The predicted octanol–water partition coefficient (Wildman–Crippen LogP) is 4.43. The Hall–Kier alpha value is -0.0900. The third-order valence-electron chi connectivity index (χ3n) is 3.09. The second-order valence-electron chi connectivity index (χ2n) is 4.44. The van der Waals surface area contributed by atoms with E-state index in [1.807, 2.05) is 12.1 Å². The van der Waals surface area contributed by atoms with Gasteiger partial charge in [0.05, 0.1) is 5.02 Å². The average Bonchev–Trinajstić information content (AvgIpc) is 2.37. The highest BCUT2D eigenvalue weighted by Crippen LogP contribution is 2.34. The Morgan fingerprint density at radius 1 is 1.44 bits per heavy atom. The van der Waals surface area contributed by atoms with Crippen LogP contribution in [0.3, 0.4) is 0 Å². The Kier molecular flexibility index (Phi) is 7.23. The Bertz CT molecular complexity index is 373. The molecule has 18 heavy (non-hydrogen) atoms. The minimum Gasteiger partial charge on any atom is -0.385 e. The Morgan fingerprint density at radius 2 is 2.17 bits per heavy atom. The Balaban J connectivity index is 2.92. The van der Waals surface area contributed by atoms with Crippen LogP contribution in [0, 0.1) is 5.92 Å². The second-order valence-corrected chi connectivity index (χ2v) is 5.67. The normalized spacial score (nSPS) is 14.5. The van der Waals surface area contributed by atoms with Crippen LogP contribution in [0.5, 0.6) is 0 Å². The van der Waals surface area contributed by atoms with Crippen molar-refractivity contribution in [2.24, 2.45) is 5.92 Å². The van der Waals surface area contributed by atoms with Gasteiger partial charge in [0.25, 0.3) is 0 Å². The lowest BCUT2D eigenvalue weighted by Crippen LogP contribution is -2.27. The van der Waals surface area contributed by atoms with Crippen LogP contribution in [0.1, 0.15) is 31.9 Å². The molecule has 2 atom stereocenters. The third kappa shape index (κ3) is 4.23. The van der Waals surface area contributed by atoms with Crippen LogP contribution < -0.4 is 5.32 Å². The lowest BCUT2D eigenvalue weighted by Gasteiger charge is -2.26. The summed E-state index contributed by atoms with van der Waals surface area (Å²) in [4.78, 5) is 0. The molecule has 0 aliphatic heterocycles. The molecule has 0 aliphatic rings. The molecular weight excluding hydrogens is 314 g/mol. The fraction of sp³-hybridized carbons (Fsp3) is 0.571. The van der Waals surface area contributed by atoms with Crippen LogP contribution in [0.15, 0.2) is 22.7 Å². The van der Waals surface area contributed by atoms with Gasteiger partial charge in [0.2, 0.25) is 0 Å². The molecule has 0 fully saturated rings. The Morgan fingerprint density at radius 3 is 2.78 bits per heavy atom. The van der Waals surface area contributed by atoms with Gasteiger partial charge in [0.15, 0.2) is 0 Å². The summed E-state index contributed by atoms with van der Waals surface area (Å²) in [6.45, 7) is 6.03. The van der Waals surface area contributed by atoms with Crippen molar-refractivity contribution in [2.75, 3.05) is 20.3 Å². The molecule has 2 unspecified atom stereocenters. The highest BCUT2D eigenvalue weighted by atomic mass is 79.9. The molecule has 0 saturated heterocycles. The summed E-state index contributed by atoms with van der Waals surface area (Å²) < 4.78 is 6.11. The van der Waals surface area contributed by atoms with Crippen molar-refractivity contribution in [1.82, 2.24) is 5.32 Å². The van der Waals surface area contributed by atoms with Gasteiger partial charge in [-0.2, -0.15) is 0 Å². The molecule has 0 saturated carbocycles. The van der Waals surface area contributed by atoms with Gasteiger partial charge in [-0.3, -0.25) is 0 Å². The van der Waals surface area contributed by atoms with Crippen molar-refractivity contribution in [3.8, 4) is 0 Å². The van der Waals surface area contributed by atoms with E-state index < -0.39 is 0 Å². The molecule has 0 heterocycles. The van der Waals surface area contributed by atoms with E-state index in [2.05, 4.69) is 41.2 Å². The number of ether oxygens (including phenoxy) is 1. The van der Waals surface area contributed by atoms with Gasteiger partial charge in [0.1, 0.15) is 0 Å². The molecule has 0 aliphatic carbocycles. The van der Waals surface area contributed by atoms with Gasteiger partial charge in [-0.05, 0) is 46.4 Å². The molecule has 0 amide bonds. The van der Waals surface area contributed by atoms with Gasteiger partial charge in [0, 0.05) is 24.2 Å². The van der Waals surface area contributed by atoms with Crippen LogP contribution >= 0.6 is 27.5 Å². The SMILES string of the molecule is CCNC(c1cccc(Br)c1Cl)C(C)CCOC. The van der Waals surface area contributed by atoms with Gasteiger partial charge in [-0.15, -0.1) is 0 Å². The fourth-order valence-electron chi connectivity index (χ4n) is 2.07. The number of rotatable bonds is 7. The molecule has 1 N–H and O–H groups in total. The molecule has 102 valence electrons. The third-order valence-corrected chi connectivity index (χ3v) is 4.40. The molecule has 0 aromatic heterocycles. The maximum absolute atomic E-state index is 6.38. The molecule has 0 radical (unpaired) electrons. The van der Waals surface area contributed by atoms with E-state index in [-0.39, 0.29) is 6.04 Å². The van der Waals surface area contributed by atoms with Crippen LogP contribution in [-0.2, 0) is 4.74 Å². The van der Waals surface area contributed by atoms with Crippen molar-refractivity contribution in [2.45, 2.75) is 26.3 Å². The lowest BCUT2D eigenvalue weighted by atomic mass is 9.92. The van der Waals surface area contributed by atoms with Crippen molar-refractivity contribution < 1.29 is 4.74 Å². The molecule has 0 bridgehead atoms. The first-order chi connectivity index (χ1) is 8.61. The Labute approximate surface area is 123 Å². The fourth-order valence-corrected chi connectivity index (χ4v) is 2.69. The first-order valence-corrected chi connectivity index (χ1v) is 7.45. The maximum Gasteiger partial charge on any atom is 0.0595 e. The summed E-state index contributed by atoms with van der Waals surface area (Å²) in [7, 11) is 1.74. The standard InChI is InChI=1S/C14H21BrClNO/c1-4-17-14(10(2)8-9-18-3)11-6-5-7-12(15)13(11)16/h5-7,10,14,17H,4,8-9H2,1-3H3. The monoisotopic (exact) mass is 333 g/mol. The second kappa shape index (κ2) is 8.16. The van der Waals surface area contributed by atoms with Gasteiger partial charge in [-0.1, -0.05) is 37.6 Å². The molecule has 4 heteroatoms. The van der Waals surface area contributed by atoms with Gasteiger partial charge < -0.3 is 10.1 Å². The smallest absolute Gasteiger partial charge is 0.0595 e. The van der Waals surface area contributed by atoms with E-state index in [1.54, 1.807) is 7.11 Å². The van der Waals surface area contributed by atoms with Crippen LogP contribution in [0.25, 0.3) is 0 Å². The summed E-state index contributed by atoms with van der Waals surface area (Å²) >= 11 is 9.87. The van der Waals surface area contributed by atoms with Crippen molar-refractivity contribution in [3.63, 3.8) is 0 Å². The molecule has 1 rings (SSSR count). The summed E-state index contributed by atoms with van der Waals surface area (Å²) in [5.74, 6) is 0.469. The average molecular weight is 335 g/mol. The summed E-state index contributed by atoms with van der Waals surface area (Å²) in [5.41, 5.74) is 1.15. The topological polar surface area (TPSA) is 21.3 Å². The molecular formula is C14H21BrClNO. The van der Waals surface area contributed by atoms with Crippen molar-refractivity contribution in [1.29, 1.82) is 0 Å². The van der Waals surface area contributed by atoms with E-state index in [4.69, 9.17) is 16.3 Å². The van der Waals surface area contributed by atoms with Crippen LogP contribution in [-0.4, -0.2) is 20.3 Å². The zero-order chi connectivity index (χ0) is 13.5. The summed E-state index contributed by atoms with van der Waals surface area (Å²) in [5, 5.41) is 4.31. The van der Waals surface area contributed by atoms with E-state index in [9.17, 15) is 0 Å². The van der Waals surface area contributed by atoms with Gasteiger partial charge in [-0.25, -0.2) is 0 Å². The number of hydrogen-bond acceptors (Lipinski definition) is 2. The number of benzene rings is 1. The summed E-state index contributed by atoms with van der Waals surface area (Å²) in [6.07, 6.45) is 1.01. The molecule has 0 spiro atoms. The number of hydrogen-bond donors (Lipinski definition) is 1. The quantitative estimate of drug-likeness (QED) is 0.796. The largest absolute Gasteiger partial charge is 0.385 e. The number of methoxy groups -OCH3 is 1. The zero-order valence-electron chi connectivity index (χ0n) is 11.2. The lowest BCUT2D eigenvalue weighted by molar-refractivity contribution is 0.170. The van der Waals surface area contributed by atoms with Gasteiger partial charge >= 0.3 is 0 Å². The van der Waals surface area contributed by atoms with Crippen LogP contribution in [0.4, 0.5) is 0 Å². The minimum absolute atomic E-state index is 0.259. The van der Waals surface area contributed by atoms with E-state index >= 15 is 0 Å². The van der Waals surface area contributed by atoms with E-state index in [0.717, 1.165) is 34.6 Å². The molecule has 1 aromatic carbocycles. The summed E-state index contributed by atoms with van der Waals surface area (Å²) in [6, 6.07) is 6.34. The highest BCUT2D eigenvalue weighted by Gasteiger charge is 2.21. The highest BCUT2D eigenvalue weighted by molar-refractivity contribution is 9.10. The van der Waals surface area contributed by atoms with E-state index in [1.165, 1.54) is 0 Å². The van der Waals surface area contributed by atoms with Crippen molar-refractivity contribution >= 4 is 27.5 Å². The molecule has 1 aromatic rings. The van der Waals surface area contributed by atoms with Crippen molar-refractivity contribution in [3.05, 3.63) is 33.3 Å². The minimum atomic E-state index is 0.259.